The molecule has 1 amide bonds. The fraction of sp³-hybridized carbons (Fsp3) is 0.240. The highest BCUT2D eigenvalue weighted by atomic mass is 19.4. The minimum absolute atomic E-state index is 0.235. The van der Waals surface area contributed by atoms with Gasteiger partial charge in [0.25, 0.3) is 11.5 Å². The molecule has 2 aromatic heterocycles. The van der Waals surface area contributed by atoms with E-state index in [2.05, 4.69) is 15.4 Å². The number of aromatic nitrogens is 3. The summed E-state index contributed by atoms with van der Waals surface area (Å²) in [4.78, 5) is 28.3. The lowest BCUT2D eigenvalue weighted by atomic mass is 10.0. The molecule has 1 atom stereocenters. The van der Waals surface area contributed by atoms with E-state index in [1.807, 2.05) is 26.0 Å². The lowest BCUT2D eigenvalue weighted by Gasteiger charge is -2.14. The summed E-state index contributed by atoms with van der Waals surface area (Å²) in [5.74, 6) is -1.59. The number of aromatic amines is 1. The number of amides is 1. The molecular weight excluding hydrogens is 464 g/mol. The predicted molar refractivity (Wildman–Crippen MR) is 123 cm³/mol. The van der Waals surface area contributed by atoms with Crippen LogP contribution in [0.3, 0.4) is 0 Å². The molecule has 182 valence electrons. The molecule has 0 aliphatic heterocycles. The molecule has 0 radical (unpaired) electrons. The summed E-state index contributed by atoms with van der Waals surface area (Å²) in [7, 11) is 0. The molecule has 35 heavy (non-hydrogen) atoms. The predicted octanol–water partition coefficient (Wildman–Crippen LogP) is 5.26. The Kier molecular flexibility index (Phi) is 6.00. The van der Waals surface area contributed by atoms with Crippen LogP contribution in [0.25, 0.3) is 16.8 Å². The molecule has 1 unspecified atom stereocenters. The van der Waals surface area contributed by atoms with E-state index in [0.717, 1.165) is 15.6 Å². The summed E-state index contributed by atoms with van der Waals surface area (Å²) in [6, 6.07) is 9.86. The summed E-state index contributed by atoms with van der Waals surface area (Å²) in [6.45, 7) is 6.86. The fourth-order valence-electron chi connectivity index (χ4n) is 3.94. The van der Waals surface area contributed by atoms with Crippen LogP contribution < -0.4 is 10.9 Å². The van der Waals surface area contributed by atoms with Gasteiger partial charge in [0.1, 0.15) is 16.9 Å². The smallest absolute Gasteiger partial charge is 0.344 e. The number of carbonyl (C=O) groups excluding carboxylic acids is 1. The SMILES string of the molecule is Cc1ccc(-c2[nH]c(=O)c3c(C(F)(F)F)c(C(=O)NC(C)c4ccc(F)cc4)nn3c2C)cc1C. The Morgan fingerprint density at radius 2 is 1.71 bits per heavy atom. The van der Waals surface area contributed by atoms with Crippen molar-refractivity contribution < 1.29 is 22.4 Å². The summed E-state index contributed by atoms with van der Waals surface area (Å²) in [6.07, 6.45) is -5.02. The van der Waals surface area contributed by atoms with Crippen LogP contribution in [0.4, 0.5) is 17.6 Å². The van der Waals surface area contributed by atoms with E-state index >= 15 is 0 Å². The summed E-state index contributed by atoms with van der Waals surface area (Å²) >= 11 is 0. The number of carbonyl (C=O) groups is 1. The third kappa shape index (κ3) is 4.43. The molecule has 0 aliphatic rings. The Morgan fingerprint density at radius 3 is 2.31 bits per heavy atom. The number of rotatable bonds is 4. The van der Waals surface area contributed by atoms with Gasteiger partial charge in [0.15, 0.2) is 5.69 Å². The van der Waals surface area contributed by atoms with Gasteiger partial charge in [-0.15, -0.1) is 0 Å². The van der Waals surface area contributed by atoms with Gasteiger partial charge in [0.05, 0.1) is 17.4 Å². The standard InChI is InChI=1S/C25H22F4N4O2/c1-12-5-6-17(11-13(12)2)20-15(4)33-22(24(35)31-20)19(25(27,28)29)21(32-33)23(34)30-14(3)16-7-9-18(26)10-8-16/h5-11,14H,1-4H3,(H,30,34)(H,31,35). The molecule has 0 fully saturated rings. The number of halogens is 4. The van der Waals surface area contributed by atoms with Gasteiger partial charge in [-0.05, 0) is 62.6 Å². The first-order valence-corrected chi connectivity index (χ1v) is 10.7. The molecule has 0 bridgehead atoms. The Labute approximate surface area is 197 Å². The quantitative estimate of drug-likeness (QED) is 0.386. The van der Waals surface area contributed by atoms with Gasteiger partial charge in [-0.2, -0.15) is 18.3 Å². The first-order chi connectivity index (χ1) is 16.4. The lowest BCUT2D eigenvalue weighted by Crippen LogP contribution is -2.29. The van der Waals surface area contributed by atoms with Gasteiger partial charge in [-0.1, -0.05) is 24.3 Å². The van der Waals surface area contributed by atoms with E-state index in [-0.39, 0.29) is 5.69 Å². The molecule has 0 aliphatic carbocycles. The van der Waals surface area contributed by atoms with Gasteiger partial charge in [0, 0.05) is 5.56 Å². The average Bonchev–Trinajstić information content (AvgIpc) is 3.21. The van der Waals surface area contributed by atoms with Crippen molar-refractivity contribution in [2.24, 2.45) is 0 Å². The zero-order valence-corrected chi connectivity index (χ0v) is 19.3. The Balaban J connectivity index is 1.86. The molecule has 0 spiro atoms. The number of hydrogen-bond acceptors (Lipinski definition) is 3. The van der Waals surface area contributed by atoms with Crippen molar-refractivity contribution in [3.63, 3.8) is 0 Å². The van der Waals surface area contributed by atoms with E-state index < -0.39 is 46.3 Å². The van der Waals surface area contributed by atoms with Crippen LogP contribution in [0.1, 0.15) is 51.4 Å². The number of nitrogens with one attached hydrogen (secondary N) is 2. The first-order valence-electron chi connectivity index (χ1n) is 10.7. The summed E-state index contributed by atoms with van der Waals surface area (Å²) in [5, 5.41) is 6.39. The largest absolute Gasteiger partial charge is 0.421 e. The maximum Gasteiger partial charge on any atom is 0.421 e. The molecule has 0 saturated carbocycles. The third-order valence-electron chi connectivity index (χ3n) is 6.03. The first kappa shape index (κ1) is 24.2. The number of nitrogens with zero attached hydrogens (tertiary/aromatic N) is 2. The molecule has 4 aromatic rings. The maximum absolute atomic E-state index is 14.1. The summed E-state index contributed by atoms with van der Waals surface area (Å²) < 4.78 is 56.3. The number of fused-ring (bicyclic) bond motifs is 1. The minimum atomic E-state index is -5.02. The van der Waals surface area contributed by atoms with E-state index in [1.165, 1.54) is 31.2 Å². The van der Waals surface area contributed by atoms with Crippen LogP contribution in [-0.2, 0) is 6.18 Å². The highest BCUT2D eigenvalue weighted by Crippen LogP contribution is 2.35. The Morgan fingerprint density at radius 1 is 1.06 bits per heavy atom. The van der Waals surface area contributed by atoms with Crippen LogP contribution in [0.5, 0.6) is 0 Å². The highest BCUT2D eigenvalue weighted by Gasteiger charge is 2.42. The van der Waals surface area contributed by atoms with Crippen molar-refractivity contribution in [1.29, 1.82) is 0 Å². The monoisotopic (exact) mass is 486 g/mol. The van der Waals surface area contributed by atoms with Crippen molar-refractivity contribution in [1.82, 2.24) is 19.9 Å². The van der Waals surface area contributed by atoms with Crippen LogP contribution >= 0.6 is 0 Å². The Bertz CT molecular complexity index is 1500. The van der Waals surface area contributed by atoms with Gasteiger partial charge in [0.2, 0.25) is 0 Å². The normalized spacial score (nSPS) is 12.7. The second-order valence-electron chi connectivity index (χ2n) is 8.44. The minimum Gasteiger partial charge on any atom is -0.344 e. The maximum atomic E-state index is 14.1. The number of alkyl halides is 3. The van der Waals surface area contributed by atoms with E-state index in [4.69, 9.17) is 0 Å². The van der Waals surface area contributed by atoms with Crippen molar-refractivity contribution in [2.45, 2.75) is 39.9 Å². The fourth-order valence-corrected chi connectivity index (χ4v) is 3.94. The molecule has 10 heteroatoms. The second-order valence-corrected chi connectivity index (χ2v) is 8.44. The van der Waals surface area contributed by atoms with Gasteiger partial charge >= 0.3 is 6.18 Å². The summed E-state index contributed by atoms with van der Waals surface area (Å²) in [5.41, 5.74) is -0.539. The zero-order chi connectivity index (χ0) is 25.7. The van der Waals surface area contributed by atoms with Gasteiger partial charge in [-0.3, -0.25) is 9.59 Å². The lowest BCUT2D eigenvalue weighted by molar-refractivity contribution is -0.136. The van der Waals surface area contributed by atoms with E-state index in [1.54, 1.807) is 13.0 Å². The van der Waals surface area contributed by atoms with Crippen LogP contribution in [0.2, 0.25) is 0 Å². The van der Waals surface area contributed by atoms with Crippen LogP contribution in [-0.4, -0.2) is 20.5 Å². The molecule has 4 rings (SSSR count). The van der Waals surface area contributed by atoms with Crippen LogP contribution in [0, 0.1) is 26.6 Å². The van der Waals surface area contributed by atoms with E-state index in [9.17, 15) is 27.2 Å². The average molecular weight is 486 g/mol. The van der Waals surface area contributed by atoms with Crippen molar-refractivity contribution in [3.05, 3.63) is 92.3 Å². The molecule has 2 heterocycles. The number of H-pyrrole nitrogens is 1. The van der Waals surface area contributed by atoms with Crippen molar-refractivity contribution in [3.8, 4) is 11.3 Å². The second kappa shape index (κ2) is 8.68. The molecule has 2 aromatic carbocycles. The third-order valence-corrected chi connectivity index (χ3v) is 6.03. The molecule has 0 saturated heterocycles. The number of aryl methyl sites for hydroxylation is 3. The molecule has 2 N–H and O–H groups in total. The molecular formula is C25H22F4N4O2. The van der Waals surface area contributed by atoms with Gasteiger partial charge in [-0.25, -0.2) is 8.91 Å². The van der Waals surface area contributed by atoms with E-state index in [0.29, 0.717) is 16.8 Å². The van der Waals surface area contributed by atoms with Crippen molar-refractivity contribution >= 4 is 11.4 Å². The van der Waals surface area contributed by atoms with Crippen molar-refractivity contribution in [2.75, 3.05) is 0 Å². The number of hydrogen-bond donors (Lipinski definition) is 2. The highest BCUT2D eigenvalue weighted by molar-refractivity contribution is 5.96. The van der Waals surface area contributed by atoms with Gasteiger partial charge < -0.3 is 10.3 Å². The number of benzene rings is 2. The molecule has 6 nitrogen and oxygen atoms in total. The topological polar surface area (TPSA) is 79.3 Å². The van der Waals surface area contributed by atoms with Crippen LogP contribution in [0.15, 0.2) is 47.3 Å². The zero-order valence-electron chi connectivity index (χ0n) is 19.3. The Hall–Kier alpha value is -3.95.